The molecule has 1 aromatic carbocycles. The smallest absolute Gasteiger partial charge is 0.289 e. The number of aryl methyl sites for hydroxylation is 1. The number of likely N-dealkylation sites (tertiary alicyclic amines) is 1. The fourth-order valence-electron chi connectivity index (χ4n) is 4.54. The summed E-state index contributed by atoms with van der Waals surface area (Å²) in [5, 5.41) is 5.02. The number of likely N-dealkylation sites (N-methyl/N-ethyl adjacent to an activating group) is 1. The zero-order valence-electron chi connectivity index (χ0n) is 18.1. The highest BCUT2D eigenvalue weighted by molar-refractivity contribution is 6.31. The Labute approximate surface area is 188 Å². The Bertz CT molecular complexity index is 993. The lowest BCUT2D eigenvalue weighted by molar-refractivity contribution is 0.0556. The van der Waals surface area contributed by atoms with Gasteiger partial charge in [0.15, 0.2) is 5.76 Å². The maximum absolute atomic E-state index is 13.1. The largest absolute Gasteiger partial charge is 0.459 e. The van der Waals surface area contributed by atoms with E-state index in [-0.39, 0.29) is 11.9 Å². The van der Waals surface area contributed by atoms with Gasteiger partial charge in [0.1, 0.15) is 0 Å². The van der Waals surface area contributed by atoms with Gasteiger partial charge < -0.3 is 9.32 Å². The van der Waals surface area contributed by atoms with Crippen LogP contribution in [0.4, 0.5) is 0 Å². The van der Waals surface area contributed by atoms with Crippen LogP contribution < -0.4 is 0 Å². The molecule has 6 nitrogen and oxygen atoms in total. The molecular weight excluding hydrogens is 412 g/mol. The Morgan fingerprint density at radius 3 is 2.68 bits per heavy atom. The van der Waals surface area contributed by atoms with Crippen LogP contribution in [-0.4, -0.2) is 51.7 Å². The van der Waals surface area contributed by atoms with Gasteiger partial charge in [-0.25, -0.2) is 0 Å². The van der Waals surface area contributed by atoms with Crippen LogP contribution in [-0.2, 0) is 20.0 Å². The molecule has 1 atom stereocenters. The third kappa shape index (κ3) is 5.20. The van der Waals surface area contributed by atoms with Crippen LogP contribution in [0.25, 0.3) is 0 Å². The summed E-state index contributed by atoms with van der Waals surface area (Å²) >= 11 is 6.47. The van der Waals surface area contributed by atoms with E-state index in [1.54, 1.807) is 18.4 Å². The minimum atomic E-state index is -0.0835. The number of amides is 1. The van der Waals surface area contributed by atoms with Crippen molar-refractivity contribution < 1.29 is 9.21 Å². The first-order valence-corrected chi connectivity index (χ1v) is 11.1. The molecule has 1 saturated heterocycles. The quantitative estimate of drug-likeness (QED) is 0.550. The van der Waals surface area contributed by atoms with Crippen molar-refractivity contribution in [3.8, 4) is 0 Å². The Hall–Kier alpha value is -2.57. The van der Waals surface area contributed by atoms with E-state index >= 15 is 0 Å². The molecule has 0 spiro atoms. The summed E-state index contributed by atoms with van der Waals surface area (Å²) in [6.07, 6.45) is 8.34. The second kappa shape index (κ2) is 9.71. The number of piperidine rings is 1. The number of nitrogens with zero attached hydrogens (tertiary/aromatic N) is 4. The molecule has 0 unspecified atom stereocenters. The van der Waals surface area contributed by atoms with Gasteiger partial charge in [-0.2, -0.15) is 5.10 Å². The van der Waals surface area contributed by atoms with Crippen LogP contribution in [0, 0.1) is 5.92 Å². The molecule has 31 heavy (non-hydrogen) atoms. The van der Waals surface area contributed by atoms with Crippen molar-refractivity contribution in [2.45, 2.75) is 31.8 Å². The van der Waals surface area contributed by atoms with Crippen molar-refractivity contribution in [1.29, 1.82) is 0 Å². The van der Waals surface area contributed by atoms with Crippen molar-refractivity contribution >= 4 is 17.5 Å². The molecule has 0 saturated carbocycles. The molecule has 0 bridgehead atoms. The first-order valence-electron chi connectivity index (χ1n) is 10.7. The number of aromatic nitrogens is 2. The first-order chi connectivity index (χ1) is 15.0. The van der Waals surface area contributed by atoms with E-state index in [0.717, 1.165) is 49.5 Å². The Balaban J connectivity index is 1.47. The monoisotopic (exact) mass is 440 g/mol. The molecule has 4 rings (SSSR count). The molecule has 7 heteroatoms. The summed E-state index contributed by atoms with van der Waals surface area (Å²) in [6, 6.07) is 11.4. The van der Waals surface area contributed by atoms with Gasteiger partial charge in [-0.3, -0.25) is 14.4 Å². The number of furan rings is 1. The van der Waals surface area contributed by atoms with Crippen LogP contribution in [0.1, 0.15) is 34.5 Å². The molecule has 1 aliphatic rings. The molecule has 0 radical (unpaired) electrons. The van der Waals surface area contributed by atoms with Gasteiger partial charge in [0.05, 0.1) is 12.5 Å². The molecular formula is C24H29ClN4O2. The highest BCUT2D eigenvalue weighted by atomic mass is 35.5. The minimum absolute atomic E-state index is 0.0537. The van der Waals surface area contributed by atoms with E-state index in [2.05, 4.69) is 22.3 Å². The molecule has 1 aliphatic heterocycles. The van der Waals surface area contributed by atoms with Gasteiger partial charge >= 0.3 is 0 Å². The van der Waals surface area contributed by atoms with Crippen molar-refractivity contribution in [2.75, 3.05) is 20.1 Å². The van der Waals surface area contributed by atoms with Gasteiger partial charge in [0.25, 0.3) is 5.91 Å². The van der Waals surface area contributed by atoms with Crippen molar-refractivity contribution in [3.05, 3.63) is 77.0 Å². The highest BCUT2D eigenvalue weighted by Crippen LogP contribution is 2.29. The lowest BCUT2D eigenvalue weighted by atomic mass is 9.84. The van der Waals surface area contributed by atoms with Crippen LogP contribution in [0.15, 0.2) is 59.5 Å². The van der Waals surface area contributed by atoms with Gasteiger partial charge in [0.2, 0.25) is 0 Å². The van der Waals surface area contributed by atoms with Crippen LogP contribution in [0.5, 0.6) is 0 Å². The standard InChI is InChI=1S/C24H29ClN4O2/c1-27-16-18(15-26-27)17-29-11-9-19(10-12-29)22(14-20-6-3-4-7-21(20)25)28(2)24(30)23-8-5-13-31-23/h3-8,13,15-16,19,22H,9-12,14,17H2,1-2H3/t22-/m1/s1. The van der Waals surface area contributed by atoms with E-state index in [0.29, 0.717) is 11.7 Å². The molecule has 0 aliphatic carbocycles. The summed E-state index contributed by atoms with van der Waals surface area (Å²) in [5.41, 5.74) is 2.31. The number of carbonyl (C=O) groups excluding carboxylic acids is 1. The Kier molecular flexibility index (Phi) is 6.78. The van der Waals surface area contributed by atoms with Crippen LogP contribution >= 0.6 is 11.6 Å². The maximum atomic E-state index is 13.1. The second-order valence-electron chi connectivity index (χ2n) is 8.39. The molecule has 3 heterocycles. The molecule has 3 aromatic rings. The van der Waals surface area contributed by atoms with Crippen molar-refractivity contribution in [3.63, 3.8) is 0 Å². The third-order valence-electron chi connectivity index (χ3n) is 6.28. The predicted molar refractivity (Wildman–Crippen MR) is 121 cm³/mol. The first kappa shape index (κ1) is 21.7. The average molecular weight is 441 g/mol. The van der Waals surface area contributed by atoms with E-state index < -0.39 is 0 Å². The number of hydrogen-bond acceptors (Lipinski definition) is 4. The number of hydrogen-bond donors (Lipinski definition) is 0. The molecule has 164 valence electrons. The van der Waals surface area contributed by atoms with Crippen molar-refractivity contribution in [2.24, 2.45) is 13.0 Å². The number of carbonyl (C=O) groups is 1. The SMILES string of the molecule is CN(C(=O)c1ccco1)[C@H](Cc1ccccc1Cl)C1CCN(Cc2cnn(C)c2)CC1. The molecule has 2 aromatic heterocycles. The molecule has 1 amide bonds. The zero-order chi connectivity index (χ0) is 21.8. The van der Waals surface area contributed by atoms with Crippen LogP contribution in [0.2, 0.25) is 5.02 Å². The average Bonchev–Trinajstić information content (AvgIpc) is 3.45. The predicted octanol–water partition coefficient (Wildman–Crippen LogP) is 4.26. The van der Waals surface area contributed by atoms with Crippen LogP contribution in [0.3, 0.4) is 0 Å². The summed E-state index contributed by atoms with van der Waals surface area (Å²) in [7, 11) is 3.83. The van der Waals surface area contributed by atoms with E-state index in [9.17, 15) is 4.79 Å². The number of benzene rings is 1. The fourth-order valence-corrected chi connectivity index (χ4v) is 4.75. The van der Waals surface area contributed by atoms with Gasteiger partial charge in [-0.05, 0) is 62.0 Å². The second-order valence-corrected chi connectivity index (χ2v) is 8.80. The number of halogens is 1. The van der Waals surface area contributed by atoms with E-state index in [1.165, 1.54) is 5.56 Å². The summed E-state index contributed by atoms with van der Waals surface area (Å²) < 4.78 is 7.22. The van der Waals surface area contributed by atoms with E-state index in [4.69, 9.17) is 16.0 Å². The number of rotatable bonds is 7. The maximum Gasteiger partial charge on any atom is 0.289 e. The fraction of sp³-hybridized carbons (Fsp3) is 0.417. The lowest BCUT2D eigenvalue weighted by Gasteiger charge is -2.40. The van der Waals surface area contributed by atoms with E-state index in [1.807, 2.05) is 48.1 Å². The minimum Gasteiger partial charge on any atom is -0.459 e. The van der Waals surface area contributed by atoms with Gasteiger partial charge in [-0.1, -0.05) is 29.8 Å². The summed E-state index contributed by atoms with van der Waals surface area (Å²) in [4.78, 5) is 17.4. The third-order valence-corrected chi connectivity index (χ3v) is 6.65. The topological polar surface area (TPSA) is 54.5 Å². The summed E-state index contributed by atoms with van der Waals surface area (Å²) in [6.45, 7) is 2.92. The molecule has 1 fully saturated rings. The summed E-state index contributed by atoms with van der Waals surface area (Å²) in [5.74, 6) is 0.686. The normalized spacial score (nSPS) is 16.4. The van der Waals surface area contributed by atoms with Gasteiger partial charge in [-0.15, -0.1) is 0 Å². The Morgan fingerprint density at radius 2 is 2.03 bits per heavy atom. The highest BCUT2D eigenvalue weighted by Gasteiger charge is 2.33. The van der Waals surface area contributed by atoms with Crippen molar-refractivity contribution in [1.82, 2.24) is 19.6 Å². The van der Waals surface area contributed by atoms with Gasteiger partial charge in [0, 0.05) is 43.5 Å². The molecule has 0 N–H and O–H groups in total. The zero-order valence-corrected chi connectivity index (χ0v) is 18.8. The lowest BCUT2D eigenvalue weighted by Crippen LogP contribution is -2.47. The Morgan fingerprint density at radius 1 is 1.26 bits per heavy atom.